The van der Waals surface area contributed by atoms with E-state index in [0.717, 1.165) is 36.7 Å². The average molecular weight is 300 g/mol. The lowest BCUT2D eigenvalue weighted by Gasteiger charge is -2.27. The molecule has 1 saturated carbocycles. The predicted molar refractivity (Wildman–Crippen MR) is 74.3 cm³/mol. The van der Waals surface area contributed by atoms with Gasteiger partial charge in [0.05, 0.1) is 5.69 Å². The Morgan fingerprint density at radius 3 is 2.76 bits per heavy atom. The van der Waals surface area contributed by atoms with Gasteiger partial charge in [0.15, 0.2) is 0 Å². The van der Waals surface area contributed by atoms with Crippen molar-refractivity contribution < 1.29 is 4.39 Å². The Morgan fingerprint density at radius 2 is 2.18 bits per heavy atom. The normalized spacial score (nSPS) is 15.0. The topological polar surface area (TPSA) is 3.24 Å². The van der Waals surface area contributed by atoms with Crippen molar-refractivity contribution in [3.63, 3.8) is 0 Å². The zero-order valence-electron chi connectivity index (χ0n) is 10.3. The highest BCUT2D eigenvalue weighted by molar-refractivity contribution is 9.08. The third kappa shape index (κ3) is 3.21. The number of alkyl halides is 1. The zero-order chi connectivity index (χ0) is 12.3. The van der Waals surface area contributed by atoms with Gasteiger partial charge in [-0.2, -0.15) is 0 Å². The van der Waals surface area contributed by atoms with Gasteiger partial charge in [-0.05, 0) is 36.8 Å². The average Bonchev–Trinajstić information content (AvgIpc) is 3.12. The molecule has 17 heavy (non-hydrogen) atoms. The van der Waals surface area contributed by atoms with E-state index in [2.05, 4.69) is 27.8 Å². The minimum atomic E-state index is -0.0870. The third-order valence-corrected chi connectivity index (χ3v) is 3.80. The minimum absolute atomic E-state index is 0.0870. The van der Waals surface area contributed by atoms with E-state index >= 15 is 0 Å². The Morgan fingerprint density at radius 1 is 1.41 bits per heavy atom. The SMILES string of the molecule is CCCN(CC1CC1)c1c(F)cccc1CBr. The Hall–Kier alpha value is -0.570. The number of anilines is 1. The molecular formula is C14H19BrFN. The van der Waals surface area contributed by atoms with Crippen LogP contribution >= 0.6 is 15.9 Å². The van der Waals surface area contributed by atoms with Gasteiger partial charge in [0.1, 0.15) is 5.82 Å². The first kappa shape index (κ1) is 12.9. The first-order valence-corrected chi connectivity index (χ1v) is 7.46. The van der Waals surface area contributed by atoms with E-state index < -0.39 is 0 Å². The molecular weight excluding hydrogens is 281 g/mol. The maximum Gasteiger partial charge on any atom is 0.146 e. The molecule has 0 N–H and O–H groups in total. The van der Waals surface area contributed by atoms with Gasteiger partial charge in [0, 0.05) is 18.4 Å². The van der Waals surface area contributed by atoms with Crippen LogP contribution in [0.3, 0.4) is 0 Å². The van der Waals surface area contributed by atoms with Crippen LogP contribution in [0.15, 0.2) is 18.2 Å². The van der Waals surface area contributed by atoms with Gasteiger partial charge in [-0.1, -0.05) is 35.0 Å². The van der Waals surface area contributed by atoms with Crippen molar-refractivity contribution in [2.24, 2.45) is 5.92 Å². The largest absolute Gasteiger partial charge is 0.369 e. The number of halogens is 2. The van der Waals surface area contributed by atoms with Crippen LogP contribution in [0.2, 0.25) is 0 Å². The lowest BCUT2D eigenvalue weighted by molar-refractivity contribution is 0.606. The molecule has 1 aromatic carbocycles. The molecule has 0 aliphatic heterocycles. The lowest BCUT2D eigenvalue weighted by Crippen LogP contribution is -2.28. The zero-order valence-corrected chi connectivity index (χ0v) is 11.8. The second-order valence-electron chi connectivity index (χ2n) is 4.77. The summed E-state index contributed by atoms with van der Waals surface area (Å²) in [6.45, 7) is 4.10. The molecule has 1 aliphatic carbocycles. The second kappa shape index (κ2) is 5.85. The van der Waals surface area contributed by atoms with Crippen LogP contribution in [0.5, 0.6) is 0 Å². The molecule has 0 spiro atoms. The minimum Gasteiger partial charge on any atom is -0.369 e. The van der Waals surface area contributed by atoms with Gasteiger partial charge >= 0.3 is 0 Å². The Balaban J connectivity index is 2.25. The van der Waals surface area contributed by atoms with E-state index in [0.29, 0.717) is 5.33 Å². The summed E-state index contributed by atoms with van der Waals surface area (Å²) in [6.07, 6.45) is 3.67. The predicted octanol–water partition coefficient (Wildman–Crippen LogP) is 4.35. The molecule has 1 fully saturated rings. The van der Waals surface area contributed by atoms with Gasteiger partial charge in [-0.3, -0.25) is 0 Å². The fraction of sp³-hybridized carbons (Fsp3) is 0.571. The third-order valence-electron chi connectivity index (χ3n) is 3.20. The van der Waals surface area contributed by atoms with Crippen molar-refractivity contribution in [3.05, 3.63) is 29.6 Å². The van der Waals surface area contributed by atoms with Gasteiger partial charge in [-0.15, -0.1) is 0 Å². The smallest absolute Gasteiger partial charge is 0.146 e. The number of nitrogens with zero attached hydrogens (tertiary/aromatic N) is 1. The number of hydrogen-bond acceptors (Lipinski definition) is 1. The molecule has 2 rings (SSSR count). The Labute approximate surface area is 111 Å². The summed E-state index contributed by atoms with van der Waals surface area (Å²) in [5, 5.41) is 0.713. The summed E-state index contributed by atoms with van der Waals surface area (Å²) in [5.41, 5.74) is 1.86. The molecule has 1 nitrogen and oxygen atoms in total. The fourth-order valence-electron chi connectivity index (χ4n) is 2.20. The number of benzene rings is 1. The van der Waals surface area contributed by atoms with E-state index in [4.69, 9.17) is 0 Å². The van der Waals surface area contributed by atoms with Crippen LogP contribution in [-0.2, 0) is 5.33 Å². The summed E-state index contributed by atoms with van der Waals surface area (Å²) in [6, 6.07) is 5.36. The lowest BCUT2D eigenvalue weighted by atomic mass is 10.1. The highest BCUT2D eigenvalue weighted by Crippen LogP contribution is 2.34. The van der Waals surface area contributed by atoms with Crippen LogP contribution in [0.25, 0.3) is 0 Å². The van der Waals surface area contributed by atoms with Crippen molar-refractivity contribution in [3.8, 4) is 0 Å². The summed E-state index contributed by atoms with van der Waals surface area (Å²) in [7, 11) is 0. The molecule has 94 valence electrons. The number of hydrogen-bond donors (Lipinski definition) is 0. The maximum absolute atomic E-state index is 14.0. The van der Waals surface area contributed by atoms with E-state index in [1.807, 2.05) is 6.07 Å². The highest BCUT2D eigenvalue weighted by Gasteiger charge is 2.26. The summed E-state index contributed by atoms with van der Waals surface area (Å²) in [5.74, 6) is 0.695. The highest BCUT2D eigenvalue weighted by atomic mass is 79.9. The summed E-state index contributed by atoms with van der Waals surface area (Å²) >= 11 is 3.45. The van der Waals surface area contributed by atoms with Gasteiger partial charge in [-0.25, -0.2) is 4.39 Å². The molecule has 0 saturated heterocycles. The standard InChI is InChI=1S/C14H19BrFN/c1-2-8-17(10-11-6-7-11)14-12(9-15)4-3-5-13(14)16/h3-5,11H,2,6-10H2,1H3. The molecule has 0 unspecified atom stereocenters. The van der Waals surface area contributed by atoms with Gasteiger partial charge < -0.3 is 4.90 Å². The quantitative estimate of drug-likeness (QED) is 0.706. The van der Waals surface area contributed by atoms with Crippen molar-refractivity contribution in [1.82, 2.24) is 0 Å². The second-order valence-corrected chi connectivity index (χ2v) is 5.33. The van der Waals surface area contributed by atoms with Crippen LogP contribution in [0.1, 0.15) is 31.7 Å². The van der Waals surface area contributed by atoms with Crippen molar-refractivity contribution in [2.75, 3.05) is 18.0 Å². The van der Waals surface area contributed by atoms with E-state index in [1.165, 1.54) is 12.8 Å². The molecule has 0 amide bonds. The van der Waals surface area contributed by atoms with Crippen molar-refractivity contribution >= 4 is 21.6 Å². The van der Waals surface area contributed by atoms with Crippen molar-refractivity contribution in [1.29, 1.82) is 0 Å². The van der Waals surface area contributed by atoms with Crippen LogP contribution < -0.4 is 4.90 Å². The Kier molecular flexibility index (Phi) is 4.43. The molecule has 0 radical (unpaired) electrons. The van der Waals surface area contributed by atoms with Crippen LogP contribution in [0, 0.1) is 11.7 Å². The molecule has 0 bridgehead atoms. The van der Waals surface area contributed by atoms with E-state index in [-0.39, 0.29) is 5.82 Å². The van der Waals surface area contributed by atoms with E-state index in [1.54, 1.807) is 12.1 Å². The van der Waals surface area contributed by atoms with E-state index in [9.17, 15) is 4.39 Å². The molecule has 3 heteroatoms. The summed E-state index contributed by atoms with van der Waals surface area (Å²) in [4.78, 5) is 2.23. The summed E-state index contributed by atoms with van der Waals surface area (Å²) < 4.78 is 14.0. The van der Waals surface area contributed by atoms with Crippen molar-refractivity contribution in [2.45, 2.75) is 31.5 Å². The number of para-hydroxylation sites is 1. The van der Waals surface area contributed by atoms with Gasteiger partial charge in [0.25, 0.3) is 0 Å². The first-order chi connectivity index (χ1) is 8.26. The van der Waals surface area contributed by atoms with Crippen LogP contribution in [0.4, 0.5) is 10.1 Å². The van der Waals surface area contributed by atoms with Gasteiger partial charge in [0.2, 0.25) is 0 Å². The molecule has 1 aliphatic rings. The fourth-order valence-corrected chi connectivity index (χ4v) is 2.65. The first-order valence-electron chi connectivity index (χ1n) is 6.34. The van der Waals surface area contributed by atoms with Crippen LogP contribution in [-0.4, -0.2) is 13.1 Å². The molecule has 1 aromatic rings. The molecule has 0 atom stereocenters. The number of rotatable bonds is 6. The maximum atomic E-state index is 14.0. The monoisotopic (exact) mass is 299 g/mol. The molecule has 0 heterocycles. The molecule has 0 aromatic heterocycles. The Bertz CT molecular complexity index is 376.